The largest absolute Gasteiger partial charge is 0.573 e. The summed E-state index contributed by atoms with van der Waals surface area (Å²) in [5, 5.41) is 0. The smallest absolute Gasteiger partial charge is 0.464 e. The summed E-state index contributed by atoms with van der Waals surface area (Å²) in [5.74, 6) is -0.850. The Labute approximate surface area is 124 Å². The zero-order valence-corrected chi connectivity index (χ0v) is 11.8. The molecule has 0 saturated carbocycles. The molecule has 0 atom stereocenters. The molecule has 0 spiro atoms. The Bertz CT molecular complexity index is 681. The molecular weight excluding hydrogens is 299 g/mol. The fourth-order valence-corrected chi connectivity index (χ4v) is 1.92. The van der Waals surface area contributed by atoms with E-state index in [9.17, 15) is 18.0 Å². The maximum absolute atomic E-state index is 12.1. The van der Waals surface area contributed by atoms with Crippen LogP contribution in [0.3, 0.4) is 0 Å². The van der Waals surface area contributed by atoms with Crippen LogP contribution < -0.4 is 4.74 Å². The Morgan fingerprint density at radius 3 is 2.23 bits per heavy atom. The molecule has 0 saturated heterocycles. The minimum atomic E-state index is -4.72. The average molecular weight is 311 g/mol. The molecule has 4 nitrogen and oxygen atoms in total. The molecule has 0 amide bonds. The minimum Gasteiger partial charge on any atom is -0.464 e. The molecule has 0 aliphatic rings. The Hall–Kier alpha value is -2.57. The fraction of sp³-hybridized carbons (Fsp3) is 0.200. The third-order valence-corrected chi connectivity index (χ3v) is 2.88. The molecule has 1 heterocycles. The van der Waals surface area contributed by atoms with E-state index < -0.39 is 12.3 Å². The van der Waals surface area contributed by atoms with E-state index in [1.807, 2.05) is 0 Å². The van der Waals surface area contributed by atoms with Gasteiger partial charge in [0, 0.05) is 11.3 Å². The summed E-state index contributed by atoms with van der Waals surface area (Å²) in [6, 6.07) is 8.57. The summed E-state index contributed by atoms with van der Waals surface area (Å²) < 4.78 is 44.7. The van der Waals surface area contributed by atoms with Crippen LogP contribution in [0.15, 0.2) is 36.4 Å². The van der Waals surface area contributed by atoms with Crippen LogP contribution in [0.4, 0.5) is 13.2 Å². The van der Waals surface area contributed by atoms with Gasteiger partial charge in [0.05, 0.1) is 7.11 Å². The number of carbonyl (C=O) groups excluding carboxylic acids is 1. The van der Waals surface area contributed by atoms with Gasteiger partial charge in [-0.1, -0.05) is 18.2 Å². The van der Waals surface area contributed by atoms with Crippen LogP contribution in [0.25, 0.3) is 11.1 Å². The van der Waals surface area contributed by atoms with Crippen molar-refractivity contribution in [1.29, 1.82) is 0 Å². The molecule has 22 heavy (non-hydrogen) atoms. The van der Waals surface area contributed by atoms with Gasteiger partial charge in [-0.25, -0.2) is 9.78 Å². The summed E-state index contributed by atoms with van der Waals surface area (Å²) in [4.78, 5) is 15.5. The van der Waals surface area contributed by atoms with Crippen molar-refractivity contribution < 1.29 is 27.4 Å². The molecule has 7 heteroatoms. The second kappa shape index (κ2) is 6.05. The van der Waals surface area contributed by atoms with E-state index in [0.717, 1.165) is 0 Å². The van der Waals surface area contributed by atoms with Crippen molar-refractivity contribution in [3.63, 3.8) is 0 Å². The molecule has 0 aliphatic heterocycles. The molecule has 1 aromatic heterocycles. The summed E-state index contributed by atoms with van der Waals surface area (Å²) >= 11 is 0. The number of halogens is 3. The number of hydrogen-bond donors (Lipinski definition) is 0. The SMILES string of the molecule is COC(=O)c1ccc(-c2ccc(OC(F)(F)F)cc2)c(C)n1. The van der Waals surface area contributed by atoms with Gasteiger partial charge in [-0.3, -0.25) is 0 Å². The van der Waals surface area contributed by atoms with E-state index in [1.54, 1.807) is 13.0 Å². The molecule has 0 unspecified atom stereocenters. The second-order valence-corrected chi connectivity index (χ2v) is 4.39. The van der Waals surface area contributed by atoms with Crippen LogP contribution in [0.2, 0.25) is 0 Å². The first kappa shape index (κ1) is 15.8. The molecule has 2 rings (SSSR count). The van der Waals surface area contributed by atoms with Gasteiger partial charge in [0.25, 0.3) is 0 Å². The maximum atomic E-state index is 12.1. The van der Waals surface area contributed by atoms with Crippen LogP contribution in [0.5, 0.6) is 5.75 Å². The van der Waals surface area contributed by atoms with E-state index in [0.29, 0.717) is 16.8 Å². The lowest BCUT2D eigenvalue weighted by Crippen LogP contribution is -2.16. The molecule has 2 aromatic rings. The van der Waals surface area contributed by atoms with Gasteiger partial charge in [0.1, 0.15) is 11.4 Å². The lowest BCUT2D eigenvalue weighted by Gasteiger charge is -2.10. The molecule has 0 aliphatic carbocycles. The van der Waals surface area contributed by atoms with Crippen molar-refractivity contribution in [2.24, 2.45) is 0 Å². The monoisotopic (exact) mass is 311 g/mol. The Balaban J connectivity index is 2.27. The fourth-order valence-electron chi connectivity index (χ4n) is 1.92. The van der Waals surface area contributed by atoms with Crippen molar-refractivity contribution in [1.82, 2.24) is 4.98 Å². The Morgan fingerprint density at radius 2 is 1.73 bits per heavy atom. The van der Waals surface area contributed by atoms with Gasteiger partial charge in [-0.2, -0.15) is 0 Å². The highest BCUT2D eigenvalue weighted by Gasteiger charge is 2.30. The number of ether oxygens (including phenoxy) is 2. The van der Waals surface area contributed by atoms with Crippen molar-refractivity contribution in [2.45, 2.75) is 13.3 Å². The summed E-state index contributed by atoms with van der Waals surface area (Å²) in [6.07, 6.45) is -4.72. The summed E-state index contributed by atoms with van der Waals surface area (Å²) in [7, 11) is 1.26. The van der Waals surface area contributed by atoms with E-state index >= 15 is 0 Å². The van der Waals surface area contributed by atoms with Crippen LogP contribution in [-0.4, -0.2) is 24.4 Å². The maximum Gasteiger partial charge on any atom is 0.573 e. The molecule has 0 fully saturated rings. The van der Waals surface area contributed by atoms with E-state index in [4.69, 9.17) is 0 Å². The molecular formula is C15H12F3NO3. The predicted molar refractivity (Wildman–Crippen MR) is 72.4 cm³/mol. The quantitative estimate of drug-likeness (QED) is 0.810. The number of aromatic nitrogens is 1. The topological polar surface area (TPSA) is 48.4 Å². The van der Waals surface area contributed by atoms with Crippen LogP contribution in [0, 0.1) is 6.92 Å². The lowest BCUT2D eigenvalue weighted by molar-refractivity contribution is -0.274. The van der Waals surface area contributed by atoms with E-state index in [2.05, 4.69) is 14.5 Å². The van der Waals surface area contributed by atoms with E-state index in [1.165, 1.54) is 37.4 Å². The Kier molecular flexibility index (Phi) is 4.35. The van der Waals surface area contributed by atoms with Gasteiger partial charge >= 0.3 is 12.3 Å². The number of hydrogen-bond acceptors (Lipinski definition) is 4. The van der Waals surface area contributed by atoms with E-state index in [-0.39, 0.29) is 11.4 Å². The van der Waals surface area contributed by atoms with Gasteiger partial charge in [-0.05, 0) is 30.7 Å². The normalized spacial score (nSPS) is 11.1. The van der Waals surface area contributed by atoms with Crippen LogP contribution >= 0.6 is 0 Å². The number of rotatable bonds is 3. The van der Waals surface area contributed by atoms with Gasteiger partial charge in [-0.15, -0.1) is 13.2 Å². The Morgan fingerprint density at radius 1 is 1.09 bits per heavy atom. The van der Waals surface area contributed by atoms with Crippen molar-refractivity contribution in [3.8, 4) is 16.9 Å². The third-order valence-electron chi connectivity index (χ3n) is 2.88. The summed E-state index contributed by atoms with van der Waals surface area (Å²) in [5.41, 5.74) is 2.09. The highest BCUT2D eigenvalue weighted by atomic mass is 19.4. The molecule has 0 bridgehead atoms. The highest BCUT2D eigenvalue weighted by Crippen LogP contribution is 2.27. The van der Waals surface area contributed by atoms with Crippen LogP contribution in [0.1, 0.15) is 16.2 Å². The number of benzene rings is 1. The first-order chi connectivity index (χ1) is 10.3. The second-order valence-electron chi connectivity index (χ2n) is 4.39. The zero-order chi connectivity index (χ0) is 16.3. The highest BCUT2D eigenvalue weighted by molar-refractivity contribution is 5.87. The number of carbonyl (C=O) groups is 1. The third kappa shape index (κ3) is 3.75. The zero-order valence-electron chi connectivity index (χ0n) is 11.8. The summed E-state index contributed by atoms with van der Waals surface area (Å²) in [6.45, 7) is 1.70. The molecule has 0 radical (unpaired) electrons. The van der Waals surface area contributed by atoms with Gasteiger partial charge in [0.15, 0.2) is 0 Å². The molecule has 0 N–H and O–H groups in total. The number of alkyl halides is 3. The molecule has 1 aromatic carbocycles. The first-order valence-electron chi connectivity index (χ1n) is 6.22. The van der Waals surface area contributed by atoms with Gasteiger partial charge in [0.2, 0.25) is 0 Å². The van der Waals surface area contributed by atoms with Crippen molar-refractivity contribution in [3.05, 3.63) is 47.8 Å². The average Bonchev–Trinajstić information content (AvgIpc) is 2.46. The standard InChI is InChI=1S/C15H12F3NO3/c1-9-12(7-8-13(19-9)14(20)21-2)10-3-5-11(6-4-10)22-15(16,17)18/h3-8H,1-2H3. The number of nitrogens with zero attached hydrogens (tertiary/aromatic N) is 1. The van der Waals surface area contributed by atoms with Gasteiger partial charge < -0.3 is 9.47 Å². The number of esters is 1. The first-order valence-corrected chi connectivity index (χ1v) is 6.22. The number of pyridine rings is 1. The lowest BCUT2D eigenvalue weighted by atomic mass is 10.0. The minimum absolute atomic E-state index is 0.167. The number of aryl methyl sites for hydroxylation is 1. The molecule has 116 valence electrons. The number of methoxy groups -OCH3 is 1. The van der Waals surface area contributed by atoms with Crippen LogP contribution in [-0.2, 0) is 4.74 Å². The predicted octanol–water partition coefficient (Wildman–Crippen LogP) is 3.74. The van der Waals surface area contributed by atoms with Crippen molar-refractivity contribution >= 4 is 5.97 Å². The van der Waals surface area contributed by atoms with Crippen molar-refractivity contribution in [2.75, 3.05) is 7.11 Å².